The third-order valence-corrected chi connectivity index (χ3v) is 2.28. The van der Waals surface area contributed by atoms with E-state index in [4.69, 9.17) is 23.2 Å². The van der Waals surface area contributed by atoms with Crippen LogP contribution in [0.15, 0.2) is 4.99 Å². The van der Waals surface area contributed by atoms with Gasteiger partial charge in [0.25, 0.3) is 0 Å². The molecule has 0 aromatic carbocycles. The first-order chi connectivity index (χ1) is 5.58. The average molecular weight is 208 g/mol. The molecule has 70 valence electrons. The van der Waals surface area contributed by atoms with Gasteiger partial charge >= 0.3 is 0 Å². The maximum absolute atomic E-state index is 5.77. The summed E-state index contributed by atoms with van der Waals surface area (Å²) in [7, 11) is 0. The summed E-state index contributed by atoms with van der Waals surface area (Å²) in [5, 5.41) is 0. The molecule has 1 fully saturated rings. The van der Waals surface area contributed by atoms with Crippen LogP contribution in [0.1, 0.15) is 39.0 Å². The highest BCUT2D eigenvalue weighted by molar-refractivity contribution is 6.55. The van der Waals surface area contributed by atoms with E-state index in [0.29, 0.717) is 6.04 Å². The Bertz CT molecular complexity index is 154. The first-order valence-corrected chi connectivity index (χ1v) is 5.26. The molecule has 0 aromatic rings. The number of rotatable bonds is 2. The summed E-state index contributed by atoms with van der Waals surface area (Å²) in [4.78, 5) is 4.37. The lowest BCUT2D eigenvalue weighted by molar-refractivity contribution is 0.444. The van der Waals surface area contributed by atoms with Crippen LogP contribution in [0.2, 0.25) is 0 Å². The molecule has 3 heteroatoms. The molecule has 0 N–H and O–H groups in total. The Morgan fingerprint density at radius 2 is 1.83 bits per heavy atom. The lowest BCUT2D eigenvalue weighted by Gasteiger charge is -2.18. The van der Waals surface area contributed by atoms with Gasteiger partial charge in [-0.2, -0.15) is 0 Å². The summed E-state index contributed by atoms with van der Waals surface area (Å²) >= 11 is 11.5. The average Bonchev–Trinajstić information content (AvgIpc) is 2.02. The predicted octanol–water partition coefficient (Wildman–Crippen LogP) is 3.58. The van der Waals surface area contributed by atoms with Crippen LogP contribution in [0.4, 0.5) is 0 Å². The SMILES string of the molecule is CC(Cl)(Cl)C=NC1CCCCC1. The van der Waals surface area contributed by atoms with Crippen molar-refractivity contribution in [3.8, 4) is 0 Å². The highest BCUT2D eigenvalue weighted by atomic mass is 35.5. The molecular weight excluding hydrogens is 193 g/mol. The Kier molecular flexibility index (Phi) is 3.85. The minimum atomic E-state index is -0.794. The third-order valence-electron chi connectivity index (χ3n) is 2.09. The second kappa shape index (κ2) is 4.48. The smallest absolute Gasteiger partial charge is 0.149 e. The minimum Gasteiger partial charge on any atom is -0.291 e. The van der Waals surface area contributed by atoms with Crippen LogP contribution >= 0.6 is 23.2 Å². The van der Waals surface area contributed by atoms with Gasteiger partial charge in [-0.25, -0.2) is 0 Å². The second-order valence-corrected chi connectivity index (χ2v) is 5.29. The molecule has 0 unspecified atom stereocenters. The van der Waals surface area contributed by atoms with E-state index >= 15 is 0 Å². The van der Waals surface area contributed by atoms with E-state index in [-0.39, 0.29) is 0 Å². The van der Waals surface area contributed by atoms with E-state index < -0.39 is 4.33 Å². The number of alkyl halides is 2. The molecule has 0 aliphatic heterocycles. The van der Waals surface area contributed by atoms with Gasteiger partial charge in [0.15, 0.2) is 0 Å². The van der Waals surface area contributed by atoms with E-state index in [0.717, 1.165) is 0 Å². The number of hydrogen-bond donors (Lipinski definition) is 0. The van der Waals surface area contributed by atoms with Crippen LogP contribution in [0.5, 0.6) is 0 Å². The molecule has 0 spiro atoms. The molecule has 0 heterocycles. The first-order valence-electron chi connectivity index (χ1n) is 4.50. The lowest BCUT2D eigenvalue weighted by Crippen LogP contribution is -2.14. The first kappa shape index (κ1) is 10.3. The van der Waals surface area contributed by atoms with Gasteiger partial charge < -0.3 is 0 Å². The predicted molar refractivity (Wildman–Crippen MR) is 55.5 cm³/mol. The van der Waals surface area contributed by atoms with E-state index in [1.807, 2.05) is 0 Å². The maximum atomic E-state index is 5.77. The van der Waals surface area contributed by atoms with Crippen molar-refractivity contribution in [1.82, 2.24) is 0 Å². The van der Waals surface area contributed by atoms with Crippen molar-refractivity contribution in [3.05, 3.63) is 0 Å². The molecule has 1 saturated carbocycles. The normalized spacial score (nSPS) is 21.9. The number of aliphatic imine (C=N–C) groups is 1. The molecule has 0 radical (unpaired) electrons. The van der Waals surface area contributed by atoms with Crippen molar-refractivity contribution in [1.29, 1.82) is 0 Å². The standard InChI is InChI=1S/C9H15Cl2N/c1-9(10,11)7-12-8-5-3-2-4-6-8/h7-8H,2-6H2,1H3. The summed E-state index contributed by atoms with van der Waals surface area (Å²) in [6.07, 6.45) is 7.99. The maximum Gasteiger partial charge on any atom is 0.149 e. The number of nitrogens with zero attached hydrogens (tertiary/aromatic N) is 1. The van der Waals surface area contributed by atoms with Crippen molar-refractivity contribution in [2.45, 2.75) is 49.4 Å². The van der Waals surface area contributed by atoms with Crippen molar-refractivity contribution in [2.24, 2.45) is 4.99 Å². The molecule has 1 nitrogen and oxygen atoms in total. The van der Waals surface area contributed by atoms with Gasteiger partial charge in [0.2, 0.25) is 0 Å². The lowest BCUT2D eigenvalue weighted by atomic mass is 9.96. The van der Waals surface area contributed by atoms with Gasteiger partial charge in [-0.05, 0) is 19.8 Å². The van der Waals surface area contributed by atoms with Crippen LogP contribution in [0.3, 0.4) is 0 Å². The van der Waals surface area contributed by atoms with E-state index in [2.05, 4.69) is 4.99 Å². The Balaban J connectivity index is 2.33. The summed E-state index contributed by atoms with van der Waals surface area (Å²) in [5.74, 6) is 0. The van der Waals surface area contributed by atoms with Crippen molar-refractivity contribution in [3.63, 3.8) is 0 Å². The fourth-order valence-electron chi connectivity index (χ4n) is 1.47. The zero-order valence-electron chi connectivity index (χ0n) is 7.39. The fourth-order valence-corrected chi connectivity index (χ4v) is 1.58. The number of halogens is 2. The van der Waals surface area contributed by atoms with Crippen LogP contribution < -0.4 is 0 Å². The van der Waals surface area contributed by atoms with Gasteiger partial charge in [0, 0.05) is 12.3 Å². The highest BCUT2D eigenvalue weighted by Gasteiger charge is 2.15. The second-order valence-electron chi connectivity index (χ2n) is 3.53. The Labute approximate surface area is 84.2 Å². The molecule has 12 heavy (non-hydrogen) atoms. The van der Waals surface area contributed by atoms with Crippen LogP contribution in [-0.4, -0.2) is 16.6 Å². The highest BCUT2D eigenvalue weighted by Crippen LogP contribution is 2.22. The number of hydrogen-bond acceptors (Lipinski definition) is 1. The molecule has 1 aliphatic carbocycles. The van der Waals surface area contributed by atoms with E-state index in [1.165, 1.54) is 32.1 Å². The molecule has 0 atom stereocenters. The molecule has 0 aromatic heterocycles. The summed E-state index contributed by atoms with van der Waals surface area (Å²) in [6, 6.07) is 0.468. The molecule has 0 saturated heterocycles. The van der Waals surface area contributed by atoms with Crippen LogP contribution in [0.25, 0.3) is 0 Å². The van der Waals surface area contributed by atoms with Gasteiger partial charge in [0.05, 0.1) is 0 Å². The Morgan fingerprint density at radius 3 is 2.33 bits per heavy atom. The minimum absolute atomic E-state index is 0.468. The molecular formula is C9H15Cl2N. The van der Waals surface area contributed by atoms with Crippen molar-refractivity contribution < 1.29 is 0 Å². The molecule has 0 amide bonds. The van der Waals surface area contributed by atoms with E-state index in [1.54, 1.807) is 13.1 Å². The molecule has 1 aliphatic rings. The van der Waals surface area contributed by atoms with Crippen LogP contribution in [-0.2, 0) is 0 Å². The quantitative estimate of drug-likeness (QED) is 0.485. The van der Waals surface area contributed by atoms with Crippen LogP contribution in [0, 0.1) is 0 Å². The van der Waals surface area contributed by atoms with Gasteiger partial charge in [0.1, 0.15) is 4.33 Å². The summed E-state index contributed by atoms with van der Waals surface area (Å²) in [6.45, 7) is 1.74. The monoisotopic (exact) mass is 207 g/mol. The van der Waals surface area contributed by atoms with E-state index in [9.17, 15) is 0 Å². The zero-order valence-corrected chi connectivity index (χ0v) is 8.91. The third kappa shape index (κ3) is 4.32. The Hall–Kier alpha value is 0.250. The zero-order chi connectivity index (χ0) is 9.03. The van der Waals surface area contributed by atoms with Gasteiger partial charge in [-0.1, -0.05) is 42.5 Å². The largest absolute Gasteiger partial charge is 0.291 e. The van der Waals surface area contributed by atoms with Gasteiger partial charge in [-0.15, -0.1) is 0 Å². The molecule has 1 rings (SSSR count). The fraction of sp³-hybridized carbons (Fsp3) is 0.889. The van der Waals surface area contributed by atoms with Gasteiger partial charge in [-0.3, -0.25) is 4.99 Å². The van der Waals surface area contributed by atoms with Crippen molar-refractivity contribution in [2.75, 3.05) is 0 Å². The Morgan fingerprint density at radius 1 is 1.25 bits per heavy atom. The topological polar surface area (TPSA) is 12.4 Å². The van der Waals surface area contributed by atoms with Crippen molar-refractivity contribution >= 4 is 29.4 Å². The summed E-state index contributed by atoms with van der Waals surface area (Å²) in [5.41, 5.74) is 0. The molecule has 0 bridgehead atoms. The summed E-state index contributed by atoms with van der Waals surface area (Å²) < 4.78 is -0.794.